The summed E-state index contributed by atoms with van der Waals surface area (Å²) in [4.78, 5) is 3.57. The van der Waals surface area contributed by atoms with Gasteiger partial charge in [-0.25, -0.2) is 0 Å². The number of benzene rings is 2. The molecular formula is C25H28N4. The van der Waals surface area contributed by atoms with Crippen molar-refractivity contribution in [1.82, 2.24) is 15.7 Å². The summed E-state index contributed by atoms with van der Waals surface area (Å²) in [5, 5.41) is 9.44. The molecule has 2 unspecified atom stereocenters. The second-order valence-corrected chi connectivity index (χ2v) is 8.34. The maximum absolute atomic E-state index is 4.47. The van der Waals surface area contributed by atoms with Crippen LogP contribution >= 0.6 is 0 Å². The van der Waals surface area contributed by atoms with Crippen molar-refractivity contribution in [2.45, 2.75) is 51.1 Å². The maximum atomic E-state index is 4.47. The number of aryl methyl sites for hydroxylation is 2. The van der Waals surface area contributed by atoms with Crippen LogP contribution in [0.15, 0.2) is 59.8 Å². The predicted molar refractivity (Wildman–Crippen MR) is 120 cm³/mol. The Hall–Kier alpha value is -2.85. The molecule has 0 radical (unpaired) electrons. The highest BCUT2D eigenvalue weighted by Gasteiger charge is 2.28. The standard InChI is InChI=1S/C25H28N4/c1-16(29-26-15-18-11-12-19-7-3-4-8-20(19)13-18)24-14-22-21-9-5-6-10-23(21)28-25(22)17(2)27-24/h5-6,9-13,15,17,24,27-29H,1,3-4,7-8,14H2,2H3/b26-15+. The van der Waals surface area contributed by atoms with Crippen LogP contribution in [0.25, 0.3) is 10.9 Å². The van der Waals surface area contributed by atoms with E-state index in [-0.39, 0.29) is 12.1 Å². The molecule has 2 aromatic carbocycles. The fourth-order valence-corrected chi connectivity index (χ4v) is 4.78. The number of aromatic nitrogens is 1. The maximum Gasteiger partial charge on any atom is 0.0544 e. The first kappa shape index (κ1) is 18.2. The summed E-state index contributed by atoms with van der Waals surface area (Å²) < 4.78 is 0. The molecule has 0 saturated carbocycles. The smallest absolute Gasteiger partial charge is 0.0544 e. The summed E-state index contributed by atoms with van der Waals surface area (Å²) in [7, 11) is 0. The average molecular weight is 385 g/mol. The van der Waals surface area contributed by atoms with E-state index in [2.05, 4.69) is 76.8 Å². The van der Waals surface area contributed by atoms with Gasteiger partial charge >= 0.3 is 0 Å². The molecule has 0 amide bonds. The zero-order chi connectivity index (χ0) is 19.8. The Morgan fingerprint density at radius 3 is 2.86 bits per heavy atom. The first-order valence-corrected chi connectivity index (χ1v) is 10.6. The van der Waals surface area contributed by atoms with E-state index in [1.807, 2.05) is 6.21 Å². The van der Waals surface area contributed by atoms with E-state index in [4.69, 9.17) is 0 Å². The summed E-state index contributed by atoms with van der Waals surface area (Å²) in [6.07, 6.45) is 7.82. The molecule has 0 spiro atoms. The summed E-state index contributed by atoms with van der Waals surface area (Å²) >= 11 is 0. The number of rotatable bonds is 4. The number of hydrazone groups is 1. The van der Waals surface area contributed by atoms with Gasteiger partial charge in [0.1, 0.15) is 0 Å². The van der Waals surface area contributed by atoms with Crippen molar-refractivity contribution in [2.75, 3.05) is 0 Å². The van der Waals surface area contributed by atoms with Crippen LogP contribution in [-0.2, 0) is 19.3 Å². The van der Waals surface area contributed by atoms with E-state index in [9.17, 15) is 0 Å². The van der Waals surface area contributed by atoms with Gasteiger partial charge in [-0.2, -0.15) is 5.10 Å². The van der Waals surface area contributed by atoms with Gasteiger partial charge in [0.25, 0.3) is 0 Å². The van der Waals surface area contributed by atoms with E-state index >= 15 is 0 Å². The minimum absolute atomic E-state index is 0.150. The lowest BCUT2D eigenvalue weighted by atomic mass is 9.90. The molecular weight excluding hydrogens is 356 g/mol. The Balaban J connectivity index is 1.28. The van der Waals surface area contributed by atoms with Crippen LogP contribution in [0.5, 0.6) is 0 Å². The molecule has 2 aliphatic rings. The van der Waals surface area contributed by atoms with E-state index in [1.54, 1.807) is 0 Å². The SMILES string of the molecule is C=C(N/N=C/c1ccc2c(c1)CCCC2)C1Cc2c([nH]c3ccccc23)C(C)N1. The highest BCUT2D eigenvalue weighted by Crippen LogP contribution is 2.32. The topological polar surface area (TPSA) is 52.2 Å². The monoisotopic (exact) mass is 384 g/mol. The fourth-order valence-electron chi connectivity index (χ4n) is 4.78. The fraction of sp³-hybridized carbons (Fsp3) is 0.320. The number of hydrogen-bond donors (Lipinski definition) is 3. The first-order valence-electron chi connectivity index (χ1n) is 10.6. The van der Waals surface area contributed by atoms with E-state index in [1.165, 1.54) is 59.0 Å². The normalized spacial score (nSPS) is 21.1. The molecule has 0 bridgehead atoms. The van der Waals surface area contributed by atoms with Crippen LogP contribution in [0.3, 0.4) is 0 Å². The van der Waals surface area contributed by atoms with Gasteiger partial charge in [0, 0.05) is 28.3 Å². The Labute approximate surface area is 172 Å². The largest absolute Gasteiger partial charge is 0.357 e. The molecule has 0 fully saturated rings. The molecule has 0 saturated heterocycles. The van der Waals surface area contributed by atoms with Crippen molar-refractivity contribution < 1.29 is 0 Å². The van der Waals surface area contributed by atoms with Crippen LogP contribution in [0.4, 0.5) is 0 Å². The highest BCUT2D eigenvalue weighted by atomic mass is 15.3. The summed E-state index contributed by atoms with van der Waals surface area (Å²) in [6.45, 7) is 6.45. The number of nitrogens with zero attached hydrogens (tertiary/aromatic N) is 1. The first-order chi connectivity index (χ1) is 14.2. The molecule has 1 aliphatic carbocycles. The lowest BCUT2D eigenvalue weighted by molar-refractivity contribution is 0.442. The Kier molecular flexibility index (Phi) is 4.72. The summed E-state index contributed by atoms with van der Waals surface area (Å²) in [6, 6.07) is 15.6. The van der Waals surface area contributed by atoms with Gasteiger partial charge in [-0.15, -0.1) is 0 Å². The quantitative estimate of drug-likeness (QED) is 0.449. The van der Waals surface area contributed by atoms with Gasteiger partial charge in [0.15, 0.2) is 0 Å². The Morgan fingerprint density at radius 1 is 1.14 bits per heavy atom. The van der Waals surface area contributed by atoms with Crippen LogP contribution in [-0.4, -0.2) is 17.2 Å². The molecule has 4 nitrogen and oxygen atoms in total. The molecule has 29 heavy (non-hydrogen) atoms. The molecule has 2 atom stereocenters. The average Bonchev–Trinajstić information content (AvgIpc) is 3.13. The Bertz CT molecular complexity index is 1090. The third kappa shape index (κ3) is 3.49. The van der Waals surface area contributed by atoms with Crippen molar-refractivity contribution >= 4 is 17.1 Å². The van der Waals surface area contributed by atoms with Crippen LogP contribution < -0.4 is 10.7 Å². The summed E-state index contributed by atoms with van der Waals surface area (Å²) in [5.74, 6) is 0. The highest BCUT2D eigenvalue weighted by molar-refractivity contribution is 5.85. The van der Waals surface area contributed by atoms with Gasteiger partial charge < -0.3 is 10.3 Å². The molecule has 1 aromatic heterocycles. The number of H-pyrrole nitrogens is 1. The van der Waals surface area contributed by atoms with Gasteiger partial charge in [0.05, 0.1) is 12.3 Å². The lowest BCUT2D eigenvalue weighted by Gasteiger charge is -2.30. The van der Waals surface area contributed by atoms with Crippen LogP contribution in [0.2, 0.25) is 0 Å². The molecule has 3 N–H and O–H groups in total. The molecule has 148 valence electrons. The van der Waals surface area contributed by atoms with Crippen molar-refractivity contribution in [2.24, 2.45) is 5.10 Å². The van der Waals surface area contributed by atoms with Gasteiger partial charge in [-0.05, 0) is 73.4 Å². The van der Waals surface area contributed by atoms with Crippen molar-refractivity contribution in [1.29, 1.82) is 0 Å². The predicted octanol–water partition coefficient (Wildman–Crippen LogP) is 4.76. The second kappa shape index (κ2) is 7.53. The zero-order valence-corrected chi connectivity index (χ0v) is 17.0. The summed E-state index contributed by atoms with van der Waals surface area (Å²) in [5.41, 5.74) is 12.1. The number of nitrogens with one attached hydrogen (secondary N) is 3. The minimum Gasteiger partial charge on any atom is -0.357 e. The number of fused-ring (bicyclic) bond motifs is 4. The van der Waals surface area contributed by atoms with Crippen molar-refractivity contribution in [3.8, 4) is 0 Å². The van der Waals surface area contributed by atoms with Crippen molar-refractivity contribution in [3.63, 3.8) is 0 Å². The van der Waals surface area contributed by atoms with Crippen LogP contribution in [0.1, 0.15) is 53.8 Å². The van der Waals surface area contributed by atoms with Crippen molar-refractivity contribution in [3.05, 3.63) is 82.7 Å². The molecule has 4 heteroatoms. The molecule has 2 heterocycles. The number of aromatic amines is 1. The molecule has 3 aromatic rings. The second-order valence-electron chi connectivity index (χ2n) is 8.34. The zero-order valence-electron chi connectivity index (χ0n) is 17.0. The third-order valence-corrected chi connectivity index (χ3v) is 6.35. The lowest BCUT2D eigenvalue weighted by Crippen LogP contribution is -2.42. The van der Waals surface area contributed by atoms with Gasteiger partial charge in [-0.1, -0.05) is 36.9 Å². The van der Waals surface area contributed by atoms with Gasteiger partial charge in [-0.3, -0.25) is 5.43 Å². The van der Waals surface area contributed by atoms with Gasteiger partial charge in [0.2, 0.25) is 0 Å². The third-order valence-electron chi connectivity index (χ3n) is 6.35. The Morgan fingerprint density at radius 2 is 1.97 bits per heavy atom. The minimum atomic E-state index is 0.150. The number of para-hydroxylation sites is 1. The van der Waals surface area contributed by atoms with E-state index in [0.29, 0.717) is 0 Å². The van der Waals surface area contributed by atoms with E-state index in [0.717, 1.165) is 17.7 Å². The molecule has 5 rings (SSSR count). The molecule has 1 aliphatic heterocycles. The van der Waals surface area contributed by atoms with Crippen LogP contribution in [0, 0.1) is 0 Å². The van der Waals surface area contributed by atoms with E-state index < -0.39 is 0 Å². The number of hydrogen-bond acceptors (Lipinski definition) is 3.